The van der Waals surface area contributed by atoms with Crippen molar-refractivity contribution in [3.8, 4) is 0 Å². The van der Waals surface area contributed by atoms with Gasteiger partial charge in [0.05, 0.1) is 5.75 Å². The van der Waals surface area contributed by atoms with Crippen LogP contribution in [0, 0.1) is 5.82 Å². The van der Waals surface area contributed by atoms with Crippen LogP contribution in [0.4, 0.5) is 13.2 Å². The van der Waals surface area contributed by atoms with Crippen molar-refractivity contribution in [1.82, 2.24) is 4.98 Å². The zero-order chi connectivity index (χ0) is 21.0. The Labute approximate surface area is 167 Å². The number of alkyl halides is 2. The van der Waals surface area contributed by atoms with Crippen LogP contribution in [0.15, 0.2) is 45.5 Å². The minimum atomic E-state index is -3.95. The topological polar surface area (TPSA) is 87.2 Å². The monoisotopic (exact) mass is 443 g/mol. The van der Waals surface area contributed by atoms with Crippen LogP contribution < -0.4 is 5.56 Å². The molecular weight excluding hydrogens is 427 g/mol. The van der Waals surface area contributed by atoms with Gasteiger partial charge in [-0.1, -0.05) is 0 Å². The summed E-state index contributed by atoms with van der Waals surface area (Å²) in [5, 5.41) is 9.98. The molecule has 1 aliphatic carbocycles. The van der Waals surface area contributed by atoms with E-state index in [1.54, 1.807) is 0 Å². The number of aliphatic hydroxyl groups is 1. The van der Waals surface area contributed by atoms with Gasteiger partial charge in [0.2, 0.25) is 0 Å². The summed E-state index contributed by atoms with van der Waals surface area (Å²) in [7, 11) is -3.95. The lowest BCUT2D eigenvalue weighted by molar-refractivity contribution is -0.0854. The summed E-state index contributed by atoms with van der Waals surface area (Å²) in [4.78, 5) is 14.8. The molecule has 1 aliphatic rings. The molecule has 0 spiro atoms. The standard InChI is InChI=1S/C19H16F3NO4S2/c20-14-6-10-3-4-23-18(25)13(10)5-12(14)9-29(26,27)17-2-1-15(28-17)11-7-16(24)19(21,22)8-11/h1-6,11,16,24H,7-9H2,(H,23,25). The van der Waals surface area contributed by atoms with E-state index in [1.165, 1.54) is 30.5 Å². The highest BCUT2D eigenvalue weighted by Crippen LogP contribution is 2.46. The number of aliphatic hydroxyl groups excluding tert-OH is 1. The number of nitrogens with one attached hydrogen (secondary N) is 1. The van der Waals surface area contributed by atoms with Gasteiger partial charge in [-0.2, -0.15) is 0 Å². The van der Waals surface area contributed by atoms with Crippen molar-refractivity contribution in [3.63, 3.8) is 0 Å². The molecule has 2 aromatic heterocycles. The highest BCUT2D eigenvalue weighted by molar-refractivity contribution is 7.92. The second kappa shape index (κ2) is 6.96. The van der Waals surface area contributed by atoms with Gasteiger partial charge < -0.3 is 10.1 Å². The van der Waals surface area contributed by atoms with Gasteiger partial charge in [-0.3, -0.25) is 4.79 Å². The molecule has 0 saturated heterocycles. The highest BCUT2D eigenvalue weighted by Gasteiger charge is 2.48. The van der Waals surface area contributed by atoms with E-state index in [1.807, 2.05) is 0 Å². The van der Waals surface area contributed by atoms with Crippen LogP contribution in [0.3, 0.4) is 0 Å². The quantitative estimate of drug-likeness (QED) is 0.645. The molecule has 2 atom stereocenters. The number of thiophene rings is 1. The van der Waals surface area contributed by atoms with Gasteiger partial charge in [-0.25, -0.2) is 21.6 Å². The van der Waals surface area contributed by atoms with E-state index >= 15 is 0 Å². The Kier molecular flexibility index (Phi) is 4.83. The number of rotatable bonds is 4. The molecule has 154 valence electrons. The second-order valence-corrected chi connectivity index (χ2v) is 10.5. The van der Waals surface area contributed by atoms with Crippen molar-refractivity contribution in [3.05, 3.63) is 63.1 Å². The molecule has 4 rings (SSSR count). The van der Waals surface area contributed by atoms with E-state index in [0.29, 0.717) is 10.3 Å². The van der Waals surface area contributed by atoms with E-state index in [2.05, 4.69) is 4.98 Å². The summed E-state index contributed by atoms with van der Waals surface area (Å²) in [6, 6.07) is 6.60. The van der Waals surface area contributed by atoms with Crippen LogP contribution in [0.5, 0.6) is 0 Å². The summed E-state index contributed by atoms with van der Waals surface area (Å²) in [5.74, 6) is -5.24. The lowest BCUT2D eigenvalue weighted by Gasteiger charge is -2.11. The molecule has 0 bridgehead atoms. The molecule has 2 N–H and O–H groups in total. The predicted octanol–water partition coefficient (Wildman–Crippen LogP) is 3.58. The first-order valence-corrected chi connectivity index (χ1v) is 11.2. The molecule has 0 amide bonds. The van der Waals surface area contributed by atoms with E-state index in [9.17, 15) is 31.5 Å². The maximum atomic E-state index is 14.4. The Morgan fingerprint density at radius 3 is 2.69 bits per heavy atom. The van der Waals surface area contributed by atoms with Gasteiger partial charge in [-0.05, 0) is 42.1 Å². The van der Waals surface area contributed by atoms with Crippen molar-refractivity contribution in [2.75, 3.05) is 0 Å². The predicted molar refractivity (Wildman–Crippen MR) is 103 cm³/mol. The van der Waals surface area contributed by atoms with Gasteiger partial charge in [-0.15, -0.1) is 11.3 Å². The SMILES string of the molecule is O=c1[nH]ccc2cc(F)c(CS(=O)(=O)c3ccc(C4CC(O)C(F)(F)C4)s3)cc12. The van der Waals surface area contributed by atoms with E-state index < -0.39 is 51.3 Å². The van der Waals surface area contributed by atoms with Crippen molar-refractivity contribution in [1.29, 1.82) is 0 Å². The van der Waals surface area contributed by atoms with Crippen LogP contribution >= 0.6 is 11.3 Å². The third-order valence-corrected chi connectivity index (χ3v) is 8.61. The molecule has 5 nitrogen and oxygen atoms in total. The molecule has 2 heterocycles. The molecule has 0 aliphatic heterocycles. The number of benzene rings is 1. The number of halogens is 3. The Balaban J connectivity index is 1.63. The zero-order valence-corrected chi connectivity index (χ0v) is 16.5. The number of aromatic nitrogens is 1. The van der Waals surface area contributed by atoms with Crippen LogP contribution in [0.1, 0.15) is 29.2 Å². The van der Waals surface area contributed by atoms with E-state index in [-0.39, 0.29) is 21.6 Å². The fraction of sp³-hybridized carbons (Fsp3) is 0.316. The van der Waals surface area contributed by atoms with Crippen LogP contribution in [-0.4, -0.2) is 30.5 Å². The molecule has 1 saturated carbocycles. The van der Waals surface area contributed by atoms with Gasteiger partial charge >= 0.3 is 0 Å². The number of fused-ring (bicyclic) bond motifs is 1. The zero-order valence-electron chi connectivity index (χ0n) is 14.9. The van der Waals surface area contributed by atoms with E-state index in [4.69, 9.17) is 0 Å². The molecule has 1 fully saturated rings. The minimum absolute atomic E-state index is 0.0707. The molecule has 0 radical (unpaired) electrons. The Morgan fingerprint density at radius 2 is 2.00 bits per heavy atom. The normalized spacial score (nSPS) is 21.7. The fourth-order valence-corrected chi connectivity index (χ4v) is 6.44. The number of hydrogen-bond acceptors (Lipinski definition) is 5. The summed E-state index contributed by atoms with van der Waals surface area (Å²) in [6.07, 6.45) is -1.07. The van der Waals surface area contributed by atoms with E-state index in [0.717, 1.165) is 17.4 Å². The largest absolute Gasteiger partial charge is 0.387 e. The molecular formula is C19H16F3NO4S2. The van der Waals surface area contributed by atoms with Gasteiger partial charge in [0.25, 0.3) is 11.5 Å². The Hall–Kier alpha value is -2.17. The van der Waals surface area contributed by atoms with Gasteiger partial charge in [0, 0.05) is 34.4 Å². The number of pyridine rings is 1. The number of sulfone groups is 1. The smallest absolute Gasteiger partial charge is 0.274 e. The number of H-pyrrole nitrogens is 1. The molecule has 3 aromatic rings. The summed E-state index contributed by atoms with van der Waals surface area (Å²) < 4.78 is 67.0. The molecule has 2 unspecified atom stereocenters. The average Bonchev–Trinajstić information content (AvgIpc) is 3.22. The van der Waals surface area contributed by atoms with Crippen molar-refractivity contribution >= 4 is 31.9 Å². The fourth-order valence-electron chi connectivity index (χ4n) is 3.57. The van der Waals surface area contributed by atoms with Gasteiger partial charge in [0.15, 0.2) is 9.84 Å². The summed E-state index contributed by atoms with van der Waals surface area (Å²) in [5.41, 5.74) is -0.604. The summed E-state index contributed by atoms with van der Waals surface area (Å²) in [6.45, 7) is 0. The number of aromatic amines is 1. The maximum absolute atomic E-state index is 14.4. The maximum Gasteiger partial charge on any atom is 0.274 e. The summed E-state index contributed by atoms with van der Waals surface area (Å²) >= 11 is 0.849. The third-order valence-electron chi connectivity index (χ3n) is 5.11. The third kappa shape index (κ3) is 3.72. The van der Waals surface area contributed by atoms with Crippen molar-refractivity contribution in [2.24, 2.45) is 0 Å². The highest BCUT2D eigenvalue weighted by atomic mass is 32.2. The van der Waals surface area contributed by atoms with Crippen molar-refractivity contribution < 1.29 is 26.7 Å². The molecule has 29 heavy (non-hydrogen) atoms. The van der Waals surface area contributed by atoms with Crippen LogP contribution in [-0.2, 0) is 15.6 Å². The Bertz CT molecular complexity index is 1250. The number of hydrogen-bond donors (Lipinski definition) is 2. The lowest BCUT2D eigenvalue weighted by atomic mass is 10.1. The first-order chi connectivity index (χ1) is 13.6. The molecule has 10 heteroatoms. The average molecular weight is 443 g/mol. The first kappa shape index (κ1) is 20.1. The minimum Gasteiger partial charge on any atom is -0.387 e. The van der Waals surface area contributed by atoms with Gasteiger partial charge in [0.1, 0.15) is 16.1 Å². The second-order valence-electron chi connectivity index (χ2n) is 7.17. The Morgan fingerprint density at radius 1 is 1.24 bits per heavy atom. The van der Waals surface area contributed by atoms with Crippen LogP contribution in [0.25, 0.3) is 10.8 Å². The van der Waals surface area contributed by atoms with Crippen molar-refractivity contribution in [2.45, 2.75) is 40.7 Å². The molecule has 1 aromatic carbocycles. The van der Waals surface area contributed by atoms with Crippen LogP contribution in [0.2, 0.25) is 0 Å². The first-order valence-electron chi connectivity index (χ1n) is 8.75. The lowest BCUT2D eigenvalue weighted by Crippen LogP contribution is -2.26.